The zero-order valence-electron chi connectivity index (χ0n) is 25.3. The second kappa shape index (κ2) is 14.5. The predicted molar refractivity (Wildman–Crippen MR) is 168 cm³/mol. The lowest BCUT2D eigenvalue weighted by Crippen LogP contribution is -2.54. The SMILES string of the molecule is CCCCOc1ccc([S+](c2ccccc2)c2ccc(OCCCC)cc2)cc1.O=C([O-])C12CC3CC(CC(C3)C1)C2. The highest BCUT2D eigenvalue weighted by Gasteiger charge is 2.51. The summed E-state index contributed by atoms with van der Waals surface area (Å²) in [5.74, 6) is 3.26. The van der Waals surface area contributed by atoms with E-state index in [0.717, 1.165) is 69.7 Å². The third-order valence-electron chi connectivity index (χ3n) is 9.10. The highest BCUT2D eigenvalue weighted by molar-refractivity contribution is 7.97. The molecule has 0 N–H and O–H groups in total. The van der Waals surface area contributed by atoms with Gasteiger partial charge in [0.2, 0.25) is 0 Å². The van der Waals surface area contributed by atoms with Crippen LogP contribution < -0.4 is 14.6 Å². The van der Waals surface area contributed by atoms with Gasteiger partial charge in [0.05, 0.1) is 24.1 Å². The van der Waals surface area contributed by atoms with Crippen molar-refractivity contribution in [2.45, 2.75) is 92.7 Å². The van der Waals surface area contributed by atoms with Gasteiger partial charge < -0.3 is 19.4 Å². The molecule has 4 fully saturated rings. The Morgan fingerprint density at radius 1 is 0.690 bits per heavy atom. The Balaban J connectivity index is 0.000000222. The molecule has 4 aliphatic rings. The molecule has 5 heteroatoms. The third kappa shape index (κ3) is 7.53. The van der Waals surface area contributed by atoms with Crippen LogP contribution >= 0.6 is 0 Å². The van der Waals surface area contributed by atoms with Crippen molar-refractivity contribution in [2.75, 3.05) is 13.2 Å². The number of unbranched alkanes of at least 4 members (excludes halogenated alkanes) is 2. The molecular formula is C37H46O4S. The number of hydrogen-bond acceptors (Lipinski definition) is 4. The van der Waals surface area contributed by atoms with E-state index in [1.54, 1.807) is 0 Å². The van der Waals surface area contributed by atoms with Crippen LogP contribution in [-0.2, 0) is 15.7 Å². The monoisotopic (exact) mass is 586 g/mol. The molecule has 3 aromatic carbocycles. The first-order valence-electron chi connectivity index (χ1n) is 16.0. The van der Waals surface area contributed by atoms with E-state index in [4.69, 9.17) is 9.47 Å². The summed E-state index contributed by atoms with van der Waals surface area (Å²) in [7, 11) is -0.157. The normalized spacial score (nSPS) is 23.7. The summed E-state index contributed by atoms with van der Waals surface area (Å²) in [6.07, 6.45) is 11.1. The average molecular weight is 587 g/mol. The van der Waals surface area contributed by atoms with Crippen LogP contribution in [0.4, 0.5) is 0 Å². The molecule has 4 nitrogen and oxygen atoms in total. The summed E-state index contributed by atoms with van der Waals surface area (Å²) in [5, 5.41) is 11.1. The van der Waals surface area contributed by atoms with Crippen LogP contribution in [-0.4, -0.2) is 19.2 Å². The molecule has 42 heavy (non-hydrogen) atoms. The topological polar surface area (TPSA) is 58.6 Å². The van der Waals surface area contributed by atoms with Crippen LogP contribution in [0.3, 0.4) is 0 Å². The van der Waals surface area contributed by atoms with Crippen LogP contribution in [0.15, 0.2) is 93.5 Å². The van der Waals surface area contributed by atoms with Gasteiger partial charge in [0.25, 0.3) is 0 Å². The van der Waals surface area contributed by atoms with Gasteiger partial charge in [-0.1, -0.05) is 44.9 Å². The fourth-order valence-electron chi connectivity index (χ4n) is 7.34. The number of carboxylic acid groups (broad SMARTS) is 1. The van der Waals surface area contributed by atoms with Gasteiger partial charge in [-0.05, 0) is 130 Å². The quantitative estimate of drug-likeness (QED) is 0.159. The maximum absolute atomic E-state index is 11.1. The van der Waals surface area contributed by atoms with Gasteiger partial charge >= 0.3 is 0 Å². The number of carbonyl (C=O) groups excluding carboxylic acids is 1. The summed E-state index contributed by atoms with van der Waals surface area (Å²) >= 11 is 0. The number of carbonyl (C=O) groups is 1. The smallest absolute Gasteiger partial charge is 0.166 e. The van der Waals surface area contributed by atoms with E-state index in [0.29, 0.717) is 17.8 Å². The zero-order chi connectivity index (χ0) is 29.4. The summed E-state index contributed by atoms with van der Waals surface area (Å²) < 4.78 is 11.7. The van der Waals surface area contributed by atoms with Gasteiger partial charge in [0, 0.05) is 11.4 Å². The second-order valence-electron chi connectivity index (χ2n) is 12.5. The molecule has 4 bridgehead atoms. The number of rotatable bonds is 12. The van der Waals surface area contributed by atoms with Crippen LogP contribution in [0.2, 0.25) is 0 Å². The molecule has 0 unspecified atom stereocenters. The molecule has 0 aliphatic heterocycles. The lowest BCUT2D eigenvalue weighted by molar-refractivity contribution is -0.327. The molecule has 4 aliphatic carbocycles. The van der Waals surface area contributed by atoms with E-state index in [1.807, 2.05) is 0 Å². The Hall–Kier alpha value is -2.92. The van der Waals surface area contributed by atoms with Crippen molar-refractivity contribution in [2.24, 2.45) is 23.2 Å². The Morgan fingerprint density at radius 2 is 1.10 bits per heavy atom. The first-order valence-corrected chi connectivity index (χ1v) is 17.2. The Bertz CT molecular complexity index is 1170. The van der Waals surface area contributed by atoms with E-state index in [2.05, 4.69) is 92.7 Å². The molecule has 0 heterocycles. The fourth-order valence-corrected chi connectivity index (χ4v) is 9.40. The number of benzene rings is 3. The summed E-state index contributed by atoms with van der Waals surface area (Å²) in [4.78, 5) is 15.0. The molecule has 0 spiro atoms. The van der Waals surface area contributed by atoms with Crippen LogP contribution in [0, 0.1) is 23.2 Å². The largest absolute Gasteiger partial charge is 0.550 e. The van der Waals surface area contributed by atoms with Gasteiger partial charge in [-0.25, -0.2) is 0 Å². The average Bonchev–Trinajstić information content (AvgIpc) is 2.99. The van der Waals surface area contributed by atoms with Crippen molar-refractivity contribution >= 4 is 16.9 Å². The molecule has 3 aromatic rings. The van der Waals surface area contributed by atoms with Crippen LogP contribution in [0.5, 0.6) is 11.5 Å². The fraction of sp³-hybridized carbons (Fsp3) is 0.486. The maximum atomic E-state index is 11.1. The van der Waals surface area contributed by atoms with Crippen molar-refractivity contribution in [3.8, 4) is 11.5 Å². The molecular weight excluding hydrogens is 540 g/mol. The van der Waals surface area contributed by atoms with Crippen LogP contribution in [0.25, 0.3) is 0 Å². The van der Waals surface area contributed by atoms with E-state index in [-0.39, 0.29) is 10.9 Å². The van der Waals surface area contributed by atoms with Crippen molar-refractivity contribution < 1.29 is 19.4 Å². The second-order valence-corrected chi connectivity index (χ2v) is 14.5. The molecule has 0 atom stereocenters. The summed E-state index contributed by atoms with van der Waals surface area (Å²) in [6, 6.07) is 27.9. The number of hydrogen-bond donors (Lipinski definition) is 0. The number of carboxylic acids is 1. The van der Waals surface area contributed by atoms with Gasteiger partial charge in [0.1, 0.15) is 11.5 Å². The molecule has 0 radical (unpaired) electrons. The third-order valence-corrected chi connectivity index (χ3v) is 11.3. The lowest BCUT2D eigenvalue weighted by atomic mass is 9.49. The Kier molecular flexibility index (Phi) is 10.5. The zero-order valence-corrected chi connectivity index (χ0v) is 26.1. The maximum Gasteiger partial charge on any atom is 0.166 e. The molecule has 0 aromatic heterocycles. The molecule has 7 rings (SSSR count). The lowest BCUT2D eigenvalue weighted by Gasteiger charge is -2.57. The van der Waals surface area contributed by atoms with Gasteiger partial charge in [0.15, 0.2) is 14.7 Å². The van der Waals surface area contributed by atoms with E-state index in [1.165, 1.54) is 33.9 Å². The van der Waals surface area contributed by atoms with Crippen molar-refractivity contribution in [3.63, 3.8) is 0 Å². The first-order chi connectivity index (χ1) is 20.5. The van der Waals surface area contributed by atoms with Gasteiger partial charge in [-0.15, -0.1) is 0 Å². The van der Waals surface area contributed by atoms with E-state index >= 15 is 0 Å². The minimum atomic E-state index is -0.758. The van der Waals surface area contributed by atoms with Crippen LogP contribution in [0.1, 0.15) is 78.1 Å². The molecule has 0 amide bonds. The Morgan fingerprint density at radius 3 is 1.48 bits per heavy atom. The molecule has 4 saturated carbocycles. The highest BCUT2D eigenvalue weighted by Crippen LogP contribution is 2.59. The minimum Gasteiger partial charge on any atom is -0.550 e. The minimum absolute atomic E-state index is 0.157. The summed E-state index contributed by atoms with van der Waals surface area (Å²) in [6.45, 7) is 5.91. The molecule has 0 saturated heterocycles. The number of aliphatic carboxylic acids is 1. The van der Waals surface area contributed by atoms with Gasteiger partial charge in [-0.3, -0.25) is 0 Å². The van der Waals surface area contributed by atoms with E-state index in [9.17, 15) is 9.90 Å². The van der Waals surface area contributed by atoms with Crippen molar-refractivity contribution in [3.05, 3.63) is 78.9 Å². The predicted octanol–water partition coefficient (Wildman–Crippen LogP) is 8.09. The Labute approximate surface area is 255 Å². The highest BCUT2D eigenvalue weighted by atomic mass is 32.2. The van der Waals surface area contributed by atoms with Crippen molar-refractivity contribution in [1.82, 2.24) is 0 Å². The summed E-state index contributed by atoms with van der Waals surface area (Å²) in [5.41, 5.74) is -0.394. The first kappa shape index (κ1) is 30.5. The molecule has 224 valence electrons. The van der Waals surface area contributed by atoms with Crippen molar-refractivity contribution in [1.29, 1.82) is 0 Å². The number of ether oxygens (including phenoxy) is 2. The van der Waals surface area contributed by atoms with E-state index < -0.39 is 11.4 Å². The van der Waals surface area contributed by atoms with Gasteiger partial charge in [-0.2, -0.15) is 0 Å². The standard InChI is InChI=1S/C26H31O2S.C11H16O2/c1-3-5-20-27-22-12-16-25(17-13-22)29(24-10-8-7-9-11-24)26-18-14-23(15-19-26)28-21-6-4-2;12-10(13)11-4-7-1-8(5-11)3-9(2-7)6-11/h7-19H,3-6,20-21H2,1-2H3;7-9H,1-6H2,(H,12,13)/q+1;/p-1.